The van der Waals surface area contributed by atoms with Crippen molar-refractivity contribution in [3.8, 4) is 0 Å². The monoisotopic (exact) mass is 322 g/mol. The molecule has 2 N–H and O–H groups in total. The Hall–Kier alpha value is -2.68. The van der Waals surface area contributed by atoms with E-state index in [1.807, 2.05) is 0 Å². The smallest absolute Gasteiger partial charge is 0.307 e. The lowest BCUT2D eigenvalue weighted by Crippen LogP contribution is -2.48. The van der Waals surface area contributed by atoms with E-state index in [0.29, 0.717) is 5.76 Å². The third-order valence-corrected chi connectivity index (χ3v) is 3.55. The van der Waals surface area contributed by atoms with Crippen LogP contribution < -0.4 is 5.32 Å². The molecule has 2 aromatic rings. The standard InChI is InChI=1S/C14H18N4O5/c1-13(2,17-8-10(7-16-17)18(21)22)12(19)15-9-14(3,20)11-5-4-6-23-11/h4-8,20H,9H2,1-3H3,(H,15,19). The number of aromatic nitrogens is 2. The van der Waals surface area contributed by atoms with Crippen molar-refractivity contribution in [3.63, 3.8) is 0 Å². The van der Waals surface area contributed by atoms with E-state index in [1.54, 1.807) is 26.0 Å². The number of aliphatic hydroxyl groups is 1. The van der Waals surface area contributed by atoms with Gasteiger partial charge in [-0.05, 0) is 32.9 Å². The van der Waals surface area contributed by atoms with Gasteiger partial charge < -0.3 is 14.8 Å². The molecule has 23 heavy (non-hydrogen) atoms. The highest BCUT2D eigenvalue weighted by atomic mass is 16.6. The fourth-order valence-electron chi connectivity index (χ4n) is 1.96. The van der Waals surface area contributed by atoms with Crippen LogP contribution in [0.2, 0.25) is 0 Å². The van der Waals surface area contributed by atoms with Gasteiger partial charge in [-0.1, -0.05) is 0 Å². The highest BCUT2D eigenvalue weighted by Gasteiger charge is 2.34. The van der Waals surface area contributed by atoms with E-state index in [-0.39, 0.29) is 12.2 Å². The zero-order valence-corrected chi connectivity index (χ0v) is 13.0. The first-order valence-corrected chi connectivity index (χ1v) is 6.89. The van der Waals surface area contributed by atoms with Gasteiger partial charge in [-0.15, -0.1) is 0 Å². The number of amides is 1. The molecular formula is C14H18N4O5. The minimum absolute atomic E-state index is 0.0772. The first-order chi connectivity index (χ1) is 10.6. The van der Waals surface area contributed by atoms with Gasteiger partial charge in [0.05, 0.1) is 17.7 Å². The second-order valence-corrected chi connectivity index (χ2v) is 5.89. The van der Waals surface area contributed by atoms with E-state index in [2.05, 4.69) is 10.4 Å². The van der Waals surface area contributed by atoms with Gasteiger partial charge in [-0.3, -0.25) is 19.6 Å². The fraction of sp³-hybridized carbons (Fsp3) is 0.429. The van der Waals surface area contributed by atoms with Crippen molar-refractivity contribution < 1.29 is 19.2 Å². The molecular weight excluding hydrogens is 304 g/mol. The van der Waals surface area contributed by atoms with E-state index in [0.717, 1.165) is 6.20 Å². The van der Waals surface area contributed by atoms with Crippen LogP contribution in [0.25, 0.3) is 0 Å². The molecule has 0 saturated carbocycles. The van der Waals surface area contributed by atoms with Gasteiger partial charge in [-0.2, -0.15) is 5.10 Å². The summed E-state index contributed by atoms with van der Waals surface area (Å²) in [5.41, 5.74) is -2.73. The molecule has 0 bridgehead atoms. The average molecular weight is 322 g/mol. The molecule has 2 aromatic heterocycles. The van der Waals surface area contributed by atoms with E-state index >= 15 is 0 Å². The highest BCUT2D eigenvalue weighted by Crippen LogP contribution is 2.22. The summed E-state index contributed by atoms with van der Waals surface area (Å²) < 4.78 is 6.35. The first kappa shape index (κ1) is 16.7. The van der Waals surface area contributed by atoms with Crippen molar-refractivity contribution in [2.24, 2.45) is 0 Å². The van der Waals surface area contributed by atoms with Crippen LogP contribution in [0.4, 0.5) is 5.69 Å². The van der Waals surface area contributed by atoms with Crippen LogP contribution in [0.1, 0.15) is 26.5 Å². The molecule has 1 atom stereocenters. The Labute approximate surface area is 132 Å². The number of nitro groups is 1. The highest BCUT2D eigenvalue weighted by molar-refractivity contribution is 5.83. The molecule has 124 valence electrons. The summed E-state index contributed by atoms with van der Waals surface area (Å²) in [5.74, 6) is -0.118. The van der Waals surface area contributed by atoms with Crippen molar-refractivity contribution in [2.75, 3.05) is 6.54 Å². The Morgan fingerprint density at radius 2 is 2.22 bits per heavy atom. The van der Waals surface area contributed by atoms with Gasteiger partial charge >= 0.3 is 5.69 Å². The summed E-state index contributed by atoms with van der Waals surface area (Å²) in [5, 5.41) is 27.5. The lowest BCUT2D eigenvalue weighted by Gasteiger charge is -2.27. The summed E-state index contributed by atoms with van der Waals surface area (Å²) in [6, 6.07) is 3.24. The quantitative estimate of drug-likeness (QED) is 0.607. The number of carbonyl (C=O) groups is 1. The molecule has 0 aliphatic carbocycles. The van der Waals surface area contributed by atoms with Gasteiger partial charge in [-0.25, -0.2) is 0 Å². The molecule has 0 saturated heterocycles. The van der Waals surface area contributed by atoms with Gasteiger partial charge in [0.15, 0.2) is 0 Å². The maximum Gasteiger partial charge on any atom is 0.307 e. The zero-order chi connectivity index (χ0) is 17.3. The lowest BCUT2D eigenvalue weighted by molar-refractivity contribution is -0.385. The predicted octanol–water partition coefficient (Wildman–Crippen LogP) is 1.14. The Morgan fingerprint density at radius 3 is 2.74 bits per heavy atom. The molecule has 0 aliphatic heterocycles. The van der Waals surface area contributed by atoms with Crippen molar-refractivity contribution in [1.29, 1.82) is 0 Å². The third kappa shape index (κ3) is 3.39. The average Bonchev–Trinajstić information content (AvgIpc) is 3.15. The summed E-state index contributed by atoms with van der Waals surface area (Å²) in [6.45, 7) is 4.57. The maximum atomic E-state index is 12.4. The van der Waals surface area contributed by atoms with E-state index < -0.39 is 22.0 Å². The minimum Gasteiger partial charge on any atom is -0.466 e. The van der Waals surface area contributed by atoms with Crippen molar-refractivity contribution in [2.45, 2.75) is 31.9 Å². The summed E-state index contributed by atoms with van der Waals surface area (Å²) in [7, 11) is 0. The zero-order valence-electron chi connectivity index (χ0n) is 13.0. The number of carbonyl (C=O) groups excluding carboxylic acids is 1. The number of hydrogen-bond acceptors (Lipinski definition) is 6. The first-order valence-electron chi connectivity index (χ1n) is 6.89. The summed E-state index contributed by atoms with van der Waals surface area (Å²) in [6.07, 6.45) is 3.69. The number of rotatable bonds is 6. The Morgan fingerprint density at radius 1 is 1.52 bits per heavy atom. The van der Waals surface area contributed by atoms with E-state index in [4.69, 9.17) is 4.42 Å². The van der Waals surface area contributed by atoms with Crippen LogP contribution in [0.15, 0.2) is 35.2 Å². The lowest BCUT2D eigenvalue weighted by atomic mass is 10.0. The molecule has 9 heteroatoms. The molecule has 1 amide bonds. The number of nitrogens with zero attached hydrogens (tertiary/aromatic N) is 3. The van der Waals surface area contributed by atoms with Crippen molar-refractivity contribution >= 4 is 11.6 Å². The van der Waals surface area contributed by atoms with E-state index in [9.17, 15) is 20.0 Å². The van der Waals surface area contributed by atoms with Crippen molar-refractivity contribution in [3.05, 3.63) is 46.7 Å². The Balaban J connectivity index is 2.08. The van der Waals surface area contributed by atoms with Crippen LogP contribution in [0.3, 0.4) is 0 Å². The summed E-state index contributed by atoms with van der Waals surface area (Å²) >= 11 is 0. The second-order valence-electron chi connectivity index (χ2n) is 5.89. The summed E-state index contributed by atoms with van der Waals surface area (Å²) in [4.78, 5) is 22.5. The topological polar surface area (TPSA) is 123 Å². The largest absolute Gasteiger partial charge is 0.466 e. The van der Waals surface area contributed by atoms with Crippen LogP contribution >= 0.6 is 0 Å². The van der Waals surface area contributed by atoms with Gasteiger partial charge in [0.2, 0.25) is 5.91 Å². The molecule has 1 unspecified atom stereocenters. The number of furan rings is 1. The predicted molar refractivity (Wildman–Crippen MR) is 79.5 cm³/mol. The van der Waals surface area contributed by atoms with Gasteiger partial charge in [0, 0.05) is 0 Å². The van der Waals surface area contributed by atoms with Crippen LogP contribution in [0, 0.1) is 10.1 Å². The molecule has 0 aliphatic rings. The normalized spacial score (nSPS) is 14.3. The molecule has 0 radical (unpaired) electrons. The minimum atomic E-state index is -1.37. The molecule has 0 aromatic carbocycles. The van der Waals surface area contributed by atoms with E-state index in [1.165, 1.54) is 24.1 Å². The van der Waals surface area contributed by atoms with Crippen LogP contribution in [-0.2, 0) is 15.9 Å². The SMILES string of the molecule is CC(O)(CNC(=O)C(C)(C)n1cc([N+](=O)[O-])cn1)c1ccco1. The molecule has 2 heterocycles. The van der Waals surface area contributed by atoms with Crippen LogP contribution in [0.5, 0.6) is 0 Å². The molecule has 0 fully saturated rings. The Bertz CT molecular complexity index is 703. The Kier molecular flexibility index (Phi) is 4.24. The molecule has 0 spiro atoms. The van der Waals surface area contributed by atoms with Crippen molar-refractivity contribution in [1.82, 2.24) is 15.1 Å². The second kappa shape index (κ2) is 5.84. The van der Waals surface area contributed by atoms with Gasteiger partial charge in [0.25, 0.3) is 0 Å². The fourth-order valence-corrected chi connectivity index (χ4v) is 1.96. The molecule has 2 rings (SSSR count). The number of nitrogens with one attached hydrogen (secondary N) is 1. The molecule has 9 nitrogen and oxygen atoms in total. The van der Waals surface area contributed by atoms with Crippen LogP contribution in [-0.4, -0.2) is 32.3 Å². The maximum absolute atomic E-state index is 12.4. The van der Waals surface area contributed by atoms with Gasteiger partial charge in [0.1, 0.15) is 29.3 Å². The number of hydrogen-bond donors (Lipinski definition) is 2. The third-order valence-electron chi connectivity index (χ3n) is 3.55.